The van der Waals surface area contributed by atoms with Crippen LogP contribution in [0.4, 0.5) is 11.5 Å². The van der Waals surface area contributed by atoms with Crippen LogP contribution in [-0.4, -0.2) is 45.3 Å². The minimum atomic E-state index is -0.785. The number of hydrogen-bond acceptors (Lipinski definition) is 6. The number of H-pyrrole nitrogens is 1. The van der Waals surface area contributed by atoms with E-state index in [2.05, 4.69) is 4.98 Å². The highest BCUT2D eigenvalue weighted by molar-refractivity contribution is 6.22. The summed E-state index contributed by atoms with van der Waals surface area (Å²) in [5.41, 5.74) is 5.06. The van der Waals surface area contributed by atoms with E-state index in [1.54, 1.807) is 12.1 Å². The molecule has 32 heavy (non-hydrogen) atoms. The van der Waals surface area contributed by atoms with Gasteiger partial charge in [-0.15, -0.1) is 0 Å². The van der Waals surface area contributed by atoms with Gasteiger partial charge in [0.25, 0.3) is 17.4 Å². The molecule has 1 aromatic carbocycles. The zero-order chi connectivity index (χ0) is 23.4. The molecule has 0 saturated heterocycles. The Hall–Kier alpha value is -3.69. The molecule has 0 fully saturated rings. The van der Waals surface area contributed by atoms with E-state index in [1.807, 2.05) is 13.8 Å². The molecule has 0 saturated carbocycles. The Kier molecular flexibility index (Phi) is 6.92. The Morgan fingerprint density at radius 2 is 1.59 bits per heavy atom. The van der Waals surface area contributed by atoms with Crippen molar-refractivity contribution in [2.75, 3.05) is 23.7 Å². The van der Waals surface area contributed by atoms with Crippen molar-refractivity contribution >= 4 is 29.2 Å². The van der Waals surface area contributed by atoms with Gasteiger partial charge in [-0.3, -0.25) is 33.6 Å². The molecular weight excluding hydrogens is 414 g/mol. The van der Waals surface area contributed by atoms with Gasteiger partial charge >= 0.3 is 5.69 Å². The SMILES string of the molecule is CCCCN(C(=O)CN1C(=O)c2ccccc2C1=O)c1c(N)n(CCCC)c(=O)[nH]c1=O. The van der Waals surface area contributed by atoms with Gasteiger partial charge in [-0.25, -0.2) is 4.79 Å². The predicted octanol–water partition coefficient (Wildman–Crippen LogP) is 1.35. The fraction of sp³-hybridized carbons (Fsp3) is 0.409. The number of nitrogens with zero attached hydrogens (tertiary/aromatic N) is 3. The quantitative estimate of drug-likeness (QED) is 0.563. The van der Waals surface area contributed by atoms with E-state index in [0.717, 1.165) is 17.7 Å². The maximum atomic E-state index is 13.2. The van der Waals surface area contributed by atoms with Crippen LogP contribution in [0.3, 0.4) is 0 Å². The average Bonchev–Trinajstić information content (AvgIpc) is 3.00. The van der Waals surface area contributed by atoms with Gasteiger partial charge in [0.15, 0.2) is 5.69 Å². The van der Waals surface area contributed by atoms with Gasteiger partial charge in [0.2, 0.25) is 5.91 Å². The Labute approximate surface area is 184 Å². The zero-order valence-corrected chi connectivity index (χ0v) is 18.2. The minimum absolute atomic E-state index is 0.112. The molecule has 3 rings (SSSR count). The van der Waals surface area contributed by atoms with Crippen molar-refractivity contribution in [3.8, 4) is 0 Å². The zero-order valence-electron chi connectivity index (χ0n) is 18.2. The molecule has 2 aromatic rings. The molecule has 10 nitrogen and oxygen atoms in total. The molecule has 1 aliphatic heterocycles. The van der Waals surface area contributed by atoms with Crippen LogP contribution < -0.4 is 21.9 Å². The van der Waals surface area contributed by atoms with Crippen molar-refractivity contribution in [3.63, 3.8) is 0 Å². The van der Waals surface area contributed by atoms with Crippen molar-refractivity contribution in [1.29, 1.82) is 0 Å². The van der Waals surface area contributed by atoms with E-state index in [1.165, 1.54) is 21.6 Å². The molecule has 0 unspecified atom stereocenters. The number of carbonyl (C=O) groups is 3. The Balaban J connectivity index is 1.97. The number of fused-ring (bicyclic) bond motifs is 1. The number of nitrogen functional groups attached to an aromatic ring is 1. The van der Waals surface area contributed by atoms with Crippen LogP contribution in [0.25, 0.3) is 0 Å². The molecule has 3 N–H and O–H groups in total. The summed E-state index contributed by atoms with van der Waals surface area (Å²) in [7, 11) is 0. The summed E-state index contributed by atoms with van der Waals surface area (Å²) in [6.07, 6.45) is 2.75. The van der Waals surface area contributed by atoms with E-state index in [-0.39, 0.29) is 29.2 Å². The number of carbonyl (C=O) groups excluding carboxylic acids is 3. The smallest absolute Gasteiger partial charge is 0.330 e. The lowest BCUT2D eigenvalue weighted by Gasteiger charge is -2.26. The van der Waals surface area contributed by atoms with E-state index >= 15 is 0 Å². The first-order chi connectivity index (χ1) is 15.3. The molecule has 0 bridgehead atoms. The van der Waals surface area contributed by atoms with Gasteiger partial charge < -0.3 is 10.6 Å². The third kappa shape index (κ3) is 4.20. The number of rotatable bonds is 9. The molecular formula is C22H27N5O5. The monoisotopic (exact) mass is 441 g/mol. The first-order valence-corrected chi connectivity index (χ1v) is 10.7. The lowest BCUT2D eigenvalue weighted by atomic mass is 10.1. The van der Waals surface area contributed by atoms with Gasteiger partial charge in [0.1, 0.15) is 12.4 Å². The summed E-state index contributed by atoms with van der Waals surface area (Å²) in [5, 5.41) is 0. The maximum Gasteiger partial charge on any atom is 0.330 e. The average molecular weight is 441 g/mol. The number of benzene rings is 1. The second-order valence-electron chi connectivity index (χ2n) is 7.64. The second kappa shape index (κ2) is 9.63. The van der Waals surface area contributed by atoms with Crippen LogP contribution in [0.2, 0.25) is 0 Å². The Bertz CT molecular complexity index is 1130. The number of nitrogens with two attached hydrogens (primary N) is 1. The number of aromatic amines is 1. The van der Waals surface area contributed by atoms with Crippen LogP contribution in [0, 0.1) is 0 Å². The third-order valence-electron chi connectivity index (χ3n) is 5.43. The van der Waals surface area contributed by atoms with Gasteiger partial charge in [-0.1, -0.05) is 38.8 Å². The lowest BCUT2D eigenvalue weighted by Crippen LogP contribution is -2.46. The van der Waals surface area contributed by atoms with Crippen molar-refractivity contribution in [3.05, 3.63) is 56.2 Å². The summed E-state index contributed by atoms with van der Waals surface area (Å²) in [6.45, 7) is 3.77. The maximum absolute atomic E-state index is 13.2. The van der Waals surface area contributed by atoms with E-state index in [9.17, 15) is 24.0 Å². The molecule has 0 spiro atoms. The second-order valence-corrected chi connectivity index (χ2v) is 7.64. The summed E-state index contributed by atoms with van der Waals surface area (Å²) in [6, 6.07) is 6.34. The summed E-state index contributed by atoms with van der Waals surface area (Å²) >= 11 is 0. The Morgan fingerprint density at radius 3 is 2.16 bits per heavy atom. The molecule has 3 amide bonds. The molecule has 0 atom stereocenters. The largest absolute Gasteiger partial charge is 0.383 e. The van der Waals surface area contributed by atoms with Crippen LogP contribution in [0.1, 0.15) is 60.2 Å². The third-order valence-corrected chi connectivity index (χ3v) is 5.43. The topological polar surface area (TPSA) is 139 Å². The van der Waals surface area contributed by atoms with Gasteiger partial charge in [0, 0.05) is 13.1 Å². The lowest BCUT2D eigenvalue weighted by molar-refractivity contribution is -0.119. The highest BCUT2D eigenvalue weighted by Gasteiger charge is 2.37. The molecule has 1 aromatic heterocycles. The number of amides is 3. The van der Waals surface area contributed by atoms with E-state index in [4.69, 9.17) is 5.73 Å². The number of nitrogens with one attached hydrogen (secondary N) is 1. The van der Waals surface area contributed by atoms with Crippen LogP contribution in [-0.2, 0) is 11.3 Å². The van der Waals surface area contributed by atoms with Crippen molar-refractivity contribution < 1.29 is 14.4 Å². The Morgan fingerprint density at radius 1 is 1.00 bits per heavy atom. The highest BCUT2D eigenvalue weighted by atomic mass is 16.2. The van der Waals surface area contributed by atoms with Crippen LogP contribution in [0.5, 0.6) is 0 Å². The molecule has 0 radical (unpaired) electrons. The van der Waals surface area contributed by atoms with Crippen molar-refractivity contribution in [2.45, 2.75) is 46.1 Å². The fourth-order valence-corrected chi connectivity index (χ4v) is 3.66. The van der Waals surface area contributed by atoms with Crippen LogP contribution in [0.15, 0.2) is 33.9 Å². The highest BCUT2D eigenvalue weighted by Crippen LogP contribution is 2.24. The molecule has 10 heteroatoms. The number of unbranched alkanes of at least 4 members (excludes halogenated alkanes) is 2. The summed E-state index contributed by atoms with van der Waals surface area (Å²) in [4.78, 5) is 67.7. The van der Waals surface area contributed by atoms with Crippen molar-refractivity contribution in [2.24, 2.45) is 0 Å². The number of hydrogen-bond donors (Lipinski definition) is 2. The number of anilines is 2. The fourth-order valence-electron chi connectivity index (χ4n) is 3.66. The molecule has 1 aliphatic rings. The van der Waals surface area contributed by atoms with Gasteiger partial charge in [-0.2, -0.15) is 0 Å². The predicted molar refractivity (Wildman–Crippen MR) is 120 cm³/mol. The number of aromatic nitrogens is 2. The van der Waals surface area contributed by atoms with Crippen LogP contribution >= 0.6 is 0 Å². The number of imide groups is 1. The summed E-state index contributed by atoms with van der Waals surface area (Å²) < 4.78 is 1.23. The minimum Gasteiger partial charge on any atom is -0.383 e. The van der Waals surface area contributed by atoms with Gasteiger partial charge in [0.05, 0.1) is 11.1 Å². The van der Waals surface area contributed by atoms with Gasteiger partial charge in [-0.05, 0) is 25.0 Å². The summed E-state index contributed by atoms with van der Waals surface area (Å²) in [5.74, 6) is -1.88. The first kappa shape index (κ1) is 23.0. The van der Waals surface area contributed by atoms with E-state index in [0.29, 0.717) is 19.4 Å². The molecule has 0 aliphatic carbocycles. The van der Waals surface area contributed by atoms with Crippen molar-refractivity contribution in [1.82, 2.24) is 14.5 Å². The first-order valence-electron chi connectivity index (χ1n) is 10.7. The molecule has 170 valence electrons. The standard InChI is InChI=1S/C22H27N5O5/c1-3-5-11-25(17-18(23)26(12-6-4-2)22(32)24-19(17)29)16(28)13-27-20(30)14-9-7-8-10-15(14)21(27)31/h7-10H,3-6,11-13,23H2,1-2H3,(H,24,29,32). The van der Waals surface area contributed by atoms with E-state index < -0.39 is 35.5 Å². The normalized spacial score (nSPS) is 12.9. The molecule has 2 heterocycles.